The van der Waals surface area contributed by atoms with E-state index in [0.29, 0.717) is 16.6 Å². The zero-order chi connectivity index (χ0) is 11.3. The van der Waals surface area contributed by atoms with Gasteiger partial charge in [-0.3, -0.25) is 0 Å². The fraction of sp³-hybridized carbons (Fsp3) is 0.400. The van der Waals surface area contributed by atoms with Crippen molar-refractivity contribution in [3.63, 3.8) is 0 Å². The molecular weight excluding hydrogens is 237 g/mol. The maximum absolute atomic E-state index is 5.96. The fourth-order valence-corrected chi connectivity index (χ4v) is 1.45. The molecule has 0 unspecified atom stereocenters. The molecule has 1 aromatic rings. The van der Waals surface area contributed by atoms with E-state index in [-0.39, 0.29) is 6.29 Å². The first-order chi connectivity index (χ1) is 7.17. The third-order valence-electron chi connectivity index (χ3n) is 1.91. The van der Waals surface area contributed by atoms with E-state index in [0.717, 1.165) is 5.69 Å². The van der Waals surface area contributed by atoms with Crippen LogP contribution in [0.2, 0.25) is 10.0 Å². The molecule has 0 heterocycles. The van der Waals surface area contributed by atoms with Gasteiger partial charge in [0.05, 0.1) is 17.3 Å². The Morgan fingerprint density at radius 1 is 1.27 bits per heavy atom. The number of hydrogen-bond donors (Lipinski definition) is 1. The number of hydrogen-bond acceptors (Lipinski definition) is 3. The predicted molar refractivity (Wildman–Crippen MR) is 62.8 cm³/mol. The normalized spacial score (nSPS) is 10.7. The van der Waals surface area contributed by atoms with Gasteiger partial charge in [0.25, 0.3) is 0 Å². The number of ether oxygens (including phenoxy) is 2. The van der Waals surface area contributed by atoms with E-state index in [1.807, 2.05) is 0 Å². The lowest BCUT2D eigenvalue weighted by molar-refractivity contribution is -0.0914. The van der Waals surface area contributed by atoms with Gasteiger partial charge >= 0.3 is 0 Å². The molecule has 0 fully saturated rings. The molecule has 1 rings (SSSR count). The minimum absolute atomic E-state index is 0.306. The quantitative estimate of drug-likeness (QED) is 0.815. The lowest BCUT2D eigenvalue weighted by atomic mass is 10.3. The van der Waals surface area contributed by atoms with Crippen LogP contribution in [0.15, 0.2) is 18.2 Å². The summed E-state index contributed by atoms with van der Waals surface area (Å²) in [4.78, 5) is 0. The van der Waals surface area contributed by atoms with Gasteiger partial charge in [-0.2, -0.15) is 0 Å². The lowest BCUT2D eigenvalue weighted by Crippen LogP contribution is -2.23. The van der Waals surface area contributed by atoms with Crippen molar-refractivity contribution in [1.82, 2.24) is 0 Å². The van der Waals surface area contributed by atoms with Crippen LogP contribution in [-0.4, -0.2) is 27.1 Å². The molecule has 0 saturated heterocycles. The summed E-state index contributed by atoms with van der Waals surface area (Å²) in [5, 5.41) is 4.34. The minimum atomic E-state index is -0.306. The van der Waals surface area contributed by atoms with Crippen LogP contribution < -0.4 is 5.32 Å². The third-order valence-corrected chi connectivity index (χ3v) is 2.48. The second-order valence-electron chi connectivity index (χ2n) is 2.91. The van der Waals surface area contributed by atoms with Crippen molar-refractivity contribution in [3.05, 3.63) is 28.2 Å². The molecule has 0 atom stereocenters. The summed E-state index contributed by atoms with van der Waals surface area (Å²) in [6, 6.07) is 5.23. The van der Waals surface area contributed by atoms with Crippen LogP contribution in [0.3, 0.4) is 0 Å². The van der Waals surface area contributed by atoms with Crippen molar-refractivity contribution in [1.29, 1.82) is 0 Å². The van der Waals surface area contributed by atoms with Gasteiger partial charge in [-0.05, 0) is 18.2 Å². The van der Waals surface area contributed by atoms with Gasteiger partial charge in [-0.15, -0.1) is 0 Å². The highest BCUT2D eigenvalue weighted by Crippen LogP contribution is 2.25. The van der Waals surface area contributed by atoms with Gasteiger partial charge in [0.15, 0.2) is 6.29 Å². The number of benzene rings is 1. The van der Waals surface area contributed by atoms with E-state index in [4.69, 9.17) is 32.7 Å². The Bertz CT molecular complexity index is 316. The lowest BCUT2D eigenvalue weighted by Gasteiger charge is -2.15. The number of halogens is 2. The molecule has 0 saturated carbocycles. The molecule has 84 valence electrons. The molecule has 5 heteroatoms. The standard InChI is InChI=1S/C10H13Cl2NO2/c1-14-10(15-2)6-13-9-5-7(11)3-4-8(9)12/h3-5,10,13H,6H2,1-2H3. The van der Waals surface area contributed by atoms with Gasteiger partial charge in [0.1, 0.15) is 0 Å². The fourth-order valence-electron chi connectivity index (χ4n) is 1.09. The summed E-state index contributed by atoms with van der Waals surface area (Å²) in [6.07, 6.45) is -0.306. The molecule has 3 nitrogen and oxygen atoms in total. The maximum Gasteiger partial charge on any atom is 0.173 e. The van der Waals surface area contributed by atoms with Crippen molar-refractivity contribution >= 4 is 28.9 Å². The van der Waals surface area contributed by atoms with Crippen LogP contribution in [-0.2, 0) is 9.47 Å². The van der Waals surface area contributed by atoms with Crippen LogP contribution in [0, 0.1) is 0 Å². The van der Waals surface area contributed by atoms with Crippen LogP contribution in [0.5, 0.6) is 0 Å². The molecule has 1 N–H and O–H groups in total. The van der Waals surface area contributed by atoms with Gasteiger partial charge < -0.3 is 14.8 Å². The number of methoxy groups -OCH3 is 2. The average Bonchev–Trinajstić information content (AvgIpc) is 2.24. The SMILES string of the molecule is COC(CNc1cc(Cl)ccc1Cl)OC. The molecule has 0 aliphatic heterocycles. The second-order valence-corrected chi connectivity index (χ2v) is 3.75. The zero-order valence-electron chi connectivity index (χ0n) is 8.59. The zero-order valence-corrected chi connectivity index (χ0v) is 10.1. The monoisotopic (exact) mass is 249 g/mol. The van der Waals surface area contributed by atoms with Crippen molar-refractivity contribution in [2.45, 2.75) is 6.29 Å². The van der Waals surface area contributed by atoms with Crippen molar-refractivity contribution in [2.75, 3.05) is 26.1 Å². The van der Waals surface area contributed by atoms with Crippen LogP contribution >= 0.6 is 23.2 Å². The topological polar surface area (TPSA) is 30.5 Å². The summed E-state index contributed by atoms with van der Waals surface area (Å²) in [5.74, 6) is 0. The number of anilines is 1. The van der Waals surface area contributed by atoms with Crippen LogP contribution in [0.1, 0.15) is 0 Å². The van der Waals surface area contributed by atoms with Crippen LogP contribution in [0.4, 0.5) is 5.69 Å². The van der Waals surface area contributed by atoms with E-state index < -0.39 is 0 Å². The molecule has 1 aromatic carbocycles. The number of nitrogens with one attached hydrogen (secondary N) is 1. The van der Waals surface area contributed by atoms with Gasteiger partial charge in [-0.25, -0.2) is 0 Å². The smallest absolute Gasteiger partial charge is 0.173 e. The maximum atomic E-state index is 5.96. The molecule has 15 heavy (non-hydrogen) atoms. The molecule has 0 bridgehead atoms. The first kappa shape index (κ1) is 12.6. The largest absolute Gasteiger partial charge is 0.379 e. The molecular formula is C10H13Cl2NO2. The summed E-state index contributed by atoms with van der Waals surface area (Å²) in [7, 11) is 3.16. The molecule has 0 spiro atoms. The van der Waals surface area contributed by atoms with Crippen LogP contribution in [0.25, 0.3) is 0 Å². The average molecular weight is 250 g/mol. The summed E-state index contributed by atoms with van der Waals surface area (Å²) in [5.41, 5.74) is 0.767. The summed E-state index contributed by atoms with van der Waals surface area (Å²) in [6.45, 7) is 0.507. The number of rotatable bonds is 5. The Morgan fingerprint density at radius 2 is 1.93 bits per heavy atom. The van der Waals surface area contributed by atoms with Gasteiger partial charge in [0.2, 0.25) is 0 Å². The van der Waals surface area contributed by atoms with E-state index in [1.54, 1.807) is 32.4 Å². The molecule has 0 aromatic heterocycles. The second kappa shape index (κ2) is 6.18. The highest BCUT2D eigenvalue weighted by atomic mass is 35.5. The predicted octanol–water partition coefficient (Wildman–Crippen LogP) is 3.02. The van der Waals surface area contributed by atoms with Crippen molar-refractivity contribution in [2.24, 2.45) is 0 Å². The summed E-state index contributed by atoms with van der Waals surface area (Å²) < 4.78 is 10.1. The molecule has 0 amide bonds. The van der Waals surface area contributed by atoms with E-state index in [1.165, 1.54) is 0 Å². The molecule has 0 radical (unpaired) electrons. The summed E-state index contributed by atoms with van der Waals surface area (Å²) >= 11 is 11.8. The molecule has 0 aliphatic rings. The highest BCUT2D eigenvalue weighted by molar-refractivity contribution is 6.35. The highest BCUT2D eigenvalue weighted by Gasteiger charge is 2.06. The van der Waals surface area contributed by atoms with E-state index in [9.17, 15) is 0 Å². The molecule has 0 aliphatic carbocycles. The van der Waals surface area contributed by atoms with Crippen molar-refractivity contribution in [3.8, 4) is 0 Å². The first-order valence-electron chi connectivity index (χ1n) is 4.42. The van der Waals surface area contributed by atoms with E-state index in [2.05, 4.69) is 5.32 Å². The Hall–Kier alpha value is -0.480. The Labute approximate surface area is 99.3 Å². The van der Waals surface area contributed by atoms with Gasteiger partial charge in [-0.1, -0.05) is 23.2 Å². The Morgan fingerprint density at radius 3 is 2.53 bits per heavy atom. The van der Waals surface area contributed by atoms with Gasteiger partial charge in [0, 0.05) is 19.2 Å². The third kappa shape index (κ3) is 3.87. The van der Waals surface area contributed by atoms with E-state index >= 15 is 0 Å². The van der Waals surface area contributed by atoms with Crippen molar-refractivity contribution < 1.29 is 9.47 Å². The Balaban J connectivity index is 2.60. The first-order valence-corrected chi connectivity index (χ1v) is 5.17. The minimum Gasteiger partial charge on any atom is -0.379 e. The Kier molecular flexibility index (Phi) is 5.19.